The number of nitrogens with two attached hydrogens (primary N) is 1. The number of nitrogen functional groups attached to an aromatic ring is 1. The highest BCUT2D eigenvalue weighted by molar-refractivity contribution is 7.12. The maximum atomic E-state index is 12.0. The summed E-state index contributed by atoms with van der Waals surface area (Å²) in [5.74, 6) is -1.53. The fourth-order valence-electron chi connectivity index (χ4n) is 1.55. The highest BCUT2D eigenvalue weighted by Gasteiger charge is 2.16. The number of carbonyl (C=O) groups is 2. The Kier molecular flexibility index (Phi) is 3.48. The Morgan fingerprint density at radius 1 is 1.42 bits per heavy atom. The van der Waals surface area contributed by atoms with Crippen LogP contribution in [0.25, 0.3) is 0 Å². The molecule has 0 unspecified atom stereocenters. The first-order valence-corrected chi connectivity index (χ1v) is 6.21. The lowest BCUT2D eigenvalue weighted by molar-refractivity contribution is 0.0698. The maximum Gasteiger partial charge on any atom is 0.337 e. The average Bonchev–Trinajstić information content (AvgIpc) is 2.77. The number of aromatic nitrogens is 1. The summed E-state index contributed by atoms with van der Waals surface area (Å²) < 4.78 is 0. The summed E-state index contributed by atoms with van der Waals surface area (Å²) >= 11 is 1.20. The van der Waals surface area contributed by atoms with Crippen LogP contribution >= 0.6 is 11.3 Å². The van der Waals surface area contributed by atoms with E-state index in [1.54, 1.807) is 12.4 Å². The molecule has 6 nitrogen and oxygen atoms in total. The highest BCUT2D eigenvalue weighted by Crippen LogP contribution is 2.21. The summed E-state index contributed by atoms with van der Waals surface area (Å²) in [4.78, 5) is 27.5. The van der Waals surface area contributed by atoms with Crippen LogP contribution in [0.5, 0.6) is 0 Å². The molecule has 1 aromatic carbocycles. The Morgan fingerprint density at radius 3 is 2.74 bits per heavy atom. The van der Waals surface area contributed by atoms with Gasteiger partial charge in [0.1, 0.15) is 4.88 Å². The third-order valence-electron chi connectivity index (χ3n) is 2.47. The van der Waals surface area contributed by atoms with Crippen LogP contribution in [0.15, 0.2) is 23.7 Å². The lowest BCUT2D eigenvalue weighted by atomic mass is 10.1. The number of rotatable bonds is 3. The molecule has 0 atom stereocenters. The van der Waals surface area contributed by atoms with Crippen molar-refractivity contribution in [1.82, 2.24) is 4.98 Å². The number of aromatic carboxylic acids is 1. The number of carbonyl (C=O) groups excluding carboxylic acids is 1. The van der Waals surface area contributed by atoms with Gasteiger partial charge in [0.05, 0.1) is 22.5 Å². The van der Waals surface area contributed by atoms with E-state index in [9.17, 15) is 9.59 Å². The van der Waals surface area contributed by atoms with Gasteiger partial charge in [-0.1, -0.05) is 0 Å². The van der Waals surface area contributed by atoms with E-state index in [0.29, 0.717) is 16.3 Å². The lowest BCUT2D eigenvalue weighted by Crippen LogP contribution is -2.14. The van der Waals surface area contributed by atoms with Crippen LogP contribution < -0.4 is 11.1 Å². The van der Waals surface area contributed by atoms with Crippen molar-refractivity contribution in [2.24, 2.45) is 0 Å². The fraction of sp³-hybridized carbons (Fsp3) is 0.0833. The quantitative estimate of drug-likeness (QED) is 0.744. The highest BCUT2D eigenvalue weighted by atomic mass is 32.1. The normalized spacial score (nSPS) is 10.2. The summed E-state index contributed by atoms with van der Waals surface area (Å²) in [6, 6.07) is 4.30. The number of hydrogen-bond acceptors (Lipinski definition) is 5. The summed E-state index contributed by atoms with van der Waals surface area (Å²) in [6.45, 7) is 1.71. The minimum Gasteiger partial charge on any atom is -0.478 e. The first kappa shape index (κ1) is 13.0. The Labute approximate surface area is 112 Å². The Bertz CT molecular complexity index is 651. The monoisotopic (exact) mass is 277 g/mol. The molecule has 0 fully saturated rings. The number of anilines is 2. The number of nitrogens with one attached hydrogen (secondary N) is 1. The Hall–Kier alpha value is -2.41. The van der Waals surface area contributed by atoms with Crippen LogP contribution in [0.4, 0.5) is 11.4 Å². The number of carboxylic acid groups (broad SMARTS) is 1. The Balaban J connectivity index is 2.32. The topological polar surface area (TPSA) is 105 Å². The zero-order chi connectivity index (χ0) is 14.0. The third kappa shape index (κ3) is 2.71. The van der Waals surface area contributed by atoms with Gasteiger partial charge in [0.15, 0.2) is 0 Å². The number of amides is 1. The first-order chi connectivity index (χ1) is 8.99. The van der Waals surface area contributed by atoms with Gasteiger partial charge in [-0.3, -0.25) is 4.79 Å². The number of hydrogen-bond donors (Lipinski definition) is 3. The van der Waals surface area contributed by atoms with E-state index in [0.717, 1.165) is 0 Å². The molecule has 0 aliphatic rings. The lowest BCUT2D eigenvalue weighted by Gasteiger charge is -2.08. The van der Waals surface area contributed by atoms with Crippen LogP contribution in [-0.4, -0.2) is 22.0 Å². The molecule has 7 heteroatoms. The predicted octanol–water partition coefficient (Wildman–Crippen LogP) is 1.98. The van der Waals surface area contributed by atoms with Crippen molar-refractivity contribution in [2.75, 3.05) is 11.1 Å². The van der Waals surface area contributed by atoms with Gasteiger partial charge in [0, 0.05) is 5.69 Å². The second-order valence-corrected chi connectivity index (χ2v) is 4.69. The molecule has 1 heterocycles. The van der Waals surface area contributed by atoms with E-state index in [4.69, 9.17) is 10.8 Å². The standard InChI is InChI=1S/C12H11N3O3S/c1-6-10(19-5-14-6)11(16)15-9-3-2-7(13)4-8(9)12(17)18/h2-5H,13H2,1H3,(H,15,16)(H,17,18). The molecule has 0 bridgehead atoms. The van der Waals surface area contributed by atoms with Crippen LogP contribution in [0.1, 0.15) is 25.7 Å². The molecule has 19 heavy (non-hydrogen) atoms. The molecular formula is C12H11N3O3S. The van der Waals surface area contributed by atoms with Crippen molar-refractivity contribution in [2.45, 2.75) is 6.92 Å². The first-order valence-electron chi connectivity index (χ1n) is 5.33. The van der Waals surface area contributed by atoms with Crippen molar-refractivity contribution in [3.05, 3.63) is 39.8 Å². The van der Waals surface area contributed by atoms with Gasteiger partial charge in [-0.15, -0.1) is 11.3 Å². The van der Waals surface area contributed by atoms with E-state index in [1.165, 1.54) is 29.5 Å². The molecule has 98 valence electrons. The molecule has 1 aromatic heterocycles. The van der Waals surface area contributed by atoms with E-state index in [1.807, 2.05) is 0 Å². The molecule has 1 amide bonds. The molecule has 0 spiro atoms. The van der Waals surface area contributed by atoms with Gasteiger partial charge in [-0.05, 0) is 25.1 Å². The zero-order valence-corrected chi connectivity index (χ0v) is 10.8. The van der Waals surface area contributed by atoms with Gasteiger partial charge < -0.3 is 16.2 Å². The Morgan fingerprint density at radius 2 is 2.16 bits per heavy atom. The third-order valence-corrected chi connectivity index (χ3v) is 3.40. The maximum absolute atomic E-state index is 12.0. The minimum atomic E-state index is -1.15. The number of aryl methyl sites for hydroxylation is 1. The number of thiazole rings is 1. The second kappa shape index (κ2) is 5.07. The minimum absolute atomic E-state index is 0.0458. The average molecular weight is 277 g/mol. The number of carboxylic acids is 1. The fourth-order valence-corrected chi connectivity index (χ4v) is 2.24. The second-order valence-electron chi connectivity index (χ2n) is 3.83. The molecule has 0 aliphatic heterocycles. The summed E-state index contributed by atoms with van der Waals surface area (Å²) in [7, 11) is 0. The largest absolute Gasteiger partial charge is 0.478 e. The van der Waals surface area contributed by atoms with Gasteiger partial charge >= 0.3 is 5.97 Å². The van der Waals surface area contributed by atoms with Gasteiger partial charge in [-0.2, -0.15) is 0 Å². The van der Waals surface area contributed by atoms with E-state index in [2.05, 4.69) is 10.3 Å². The predicted molar refractivity (Wildman–Crippen MR) is 72.6 cm³/mol. The molecule has 2 rings (SSSR count). The molecule has 0 saturated carbocycles. The van der Waals surface area contributed by atoms with Crippen molar-refractivity contribution < 1.29 is 14.7 Å². The molecule has 0 aliphatic carbocycles. The van der Waals surface area contributed by atoms with Crippen molar-refractivity contribution in [3.8, 4) is 0 Å². The molecule has 0 radical (unpaired) electrons. The smallest absolute Gasteiger partial charge is 0.337 e. The SMILES string of the molecule is Cc1ncsc1C(=O)Nc1ccc(N)cc1C(=O)O. The number of benzene rings is 1. The van der Waals surface area contributed by atoms with E-state index < -0.39 is 5.97 Å². The number of nitrogens with zero attached hydrogens (tertiary/aromatic N) is 1. The van der Waals surface area contributed by atoms with Crippen LogP contribution in [0, 0.1) is 6.92 Å². The van der Waals surface area contributed by atoms with Crippen LogP contribution in [-0.2, 0) is 0 Å². The molecule has 4 N–H and O–H groups in total. The summed E-state index contributed by atoms with van der Waals surface area (Å²) in [5, 5.41) is 11.6. The summed E-state index contributed by atoms with van der Waals surface area (Å²) in [6.07, 6.45) is 0. The van der Waals surface area contributed by atoms with Crippen molar-refractivity contribution in [3.63, 3.8) is 0 Å². The molecule has 2 aromatic rings. The van der Waals surface area contributed by atoms with Crippen LogP contribution in [0.3, 0.4) is 0 Å². The summed E-state index contributed by atoms with van der Waals surface area (Å²) in [5.41, 5.74) is 8.18. The zero-order valence-electron chi connectivity index (χ0n) is 10.0. The van der Waals surface area contributed by atoms with Gasteiger partial charge in [0.2, 0.25) is 0 Å². The van der Waals surface area contributed by atoms with Gasteiger partial charge in [-0.25, -0.2) is 9.78 Å². The van der Waals surface area contributed by atoms with Crippen molar-refractivity contribution >= 4 is 34.6 Å². The van der Waals surface area contributed by atoms with E-state index >= 15 is 0 Å². The van der Waals surface area contributed by atoms with Gasteiger partial charge in [0.25, 0.3) is 5.91 Å². The van der Waals surface area contributed by atoms with Crippen LogP contribution in [0.2, 0.25) is 0 Å². The van der Waals surface area contributed by atoms with E-state index in [-0.39, 0.29) is 17.2 Å². The molecular weight excluding hydrogens is 266 g/mol. The molecule has 0 saturated heterocycles. The van der Waals surface area contributed by atoms with Crippen molar-refractivity contribution in [1.29, 1.82) is 0 Å².